The number of amides is 1. The number of aromatic carboxylic acids is 1. The van der Waals surface area contributed by atoms with Crippen LogP contribution >= 0.6 is 11.6 Å². The number of carboxylic acids is 1. The number of aromatic nitrogens is 5. The number of imidazole rings is 1. The Bertz CT molecular complexity index is 1920. The summed E-state index contributed by atoms with van der Waals surface area (Å²) in [6, 6.07) is 12.6. The van der Waals surface area contributed by atoms with E-state index in [9.17, 15) is 14.7 Å². The summed E-state index contributed by atoms with van der Waals surface area (Å²) in [5.41, 5.74) is 5.27. The summed E-state index contributed by atoms with van der Waals surface area (Å²) in [4.78, 5) is 39.7. The molecule has 1 saturated carbocycles. The van der Waals surface area contributed by atoms with Crippen molar-refractivity contribution in [1.29, 1.82) is 0 Å². The quantitative estimate of drug-likeness (QED) is 0.231. The lowest BCUT2D eigenvalue weighted by atomic mass is 10.1. The number of nitrogens with one attached hydrogen (secondary N) is 1. The number of benzene rings is 1. The van der Waals surface area contributed by atoms with E-state index in [1.54, 1.807) is 31.4 Å². The summed E-state index contributed by atoms with van der Waals surface area (Å²) in [6.45, 7) is 2.64. The number of hydrogen-bond acceptors (Lipinski definition) is 6. The highest BCUT2D eigenvalue weighted by Crippen LogP contribution is 2.44. The van der Waals surface area contributed by atoms with Crippen LogP contribution in [0.4, 0.5) is 0 Å². The molecule has 2 N–H and O–H groups in total. The van der Waals surface area contributed by atoms with Crippen molar-refractivity contribution in [2.24, 2.45) is 0 Å². The number of fused-ring (bicyclic) bond motifs is 3. The van der Waals surface area contributed by atoms with E-state index in [0.717, 1.165) is 72.4 Å². The fourth-order valence-corrected chi connectivity index (χ4v) is 6.26. The summed E-state index contributed by atoms with van der Waals surface area (Å²) >= 11 is 6.19. The average Bonchev–Trinajstić information content (AvgIpc) is 3.66. The SMILES string of the molecule is COc1cc(C(=O)O)cc2nc(-c3cc4ccc5nc4n3CCCCCc3nc(Cl)ccc3C(=O)N[C@@H]5C)n(C3CC3)c12. The molecular formula is C32H31ClN6O4. The van der Waals surface area contributed by atoms with Crippen molar-refractivity contribution in [3.05, 3.63) is 70.1 Å². The molecule has 1 aliphatic heterocycles. The Hall–Kier alpha value is -4.44. The second-order valence-electron chi connectivity index (χ2n) is 11.4. The fourth-order valence-electron chi connectivity index (χ4n) is 6.10. The van der Waals surface area contributed by atoms with Crippen LogP contribution in [-0.4, -0.2) is 48.2 Å². The van der Waals surface area contributed by atoms with Crippen LogP contribution in [0.5, 0.6) is 5.75 Å². The van der Waals surface area contributed by atoms with Crippen LogP contribution in [0.15, 0.2) is 42.5 Å². The van der Waals surface area contributed by atoms with E-state index in [4.69, 9.17) is 26.3 Å². The second-order valence-corrected chi connectivity index (χ2v) is 11.7. The van der Waals surface area contributed by atoms with E-state index in [0.29, 0.717) is 34.1 Å². The van der Waals surface area contributed by atoms with E-state index >= 15 is 0 Å². The van der Waals surface area contributed by atoms with Gasteiger partial charge in [0.05, 0.1) is 46.9 Å². The molecule has 7 rings (SSSR count). The third-order valence-electron chi connectivity index (χ3n) is 8.40. The van der Waals surface area contributed by atoms with E-state index in [1.807, 2.05) is 19.1 Å². The van der Waals surface area contributed by atoms with Crippen molar-refractivity contribution in [3.8, 4) is 17.3 Å². The Morgan fingerprint density at radius 1 is 1.07 bits per heavy atom. The smallest absolute Gasteiger partial charge is 0.335 e. The third-order valence-corrected chi connectivity index (χ3v) is 8.61. The van der Waals surface area contributed by atoms with Crippen molar-refractivity contribution >= 4 is 45.5 Å². The average molecular weight is 599 g/mol. The highest BCUT2D eigenvalue weighted by molar-refractivity contribution is 6.29. The molecule has 5 heterocycles. The van der Waals surface area contributed by atoms with Crippen LogP contribution in [-0.2, 0) is 13.0 Å². The Balaban J connectivity index is 1.37. The Morgan fingerprint density at radius 2 is 1.91 bits per heavy atom. The second kappa shape index (κ2) is 10.7. The zero-order valence-electron chi connectivity index (χ0n) is 23.9. The molecule has 2 bridgehead atoms. The fraction of sp³-hybridized carbons (Fsp3) is 0.344. The number of carbonyl (C=O) groups excluding carboxylic acids is 1. The molecule has 2 aliphatic rings. The predicted octanol–water partition coefficient (Wildman–Crippen LogP) is 6.36. The van der Waals surface area contributed by atoms with Gasteiger partial charge in [-0.1, -0.05) is 18.0 Å². The third kappa shape index (κ3) is 4.89. The zero-order chi connectivity index (χ0) is 29.8. The first-order chi connectivity index (χ1) is 20.8. The molecule has 43 heavy (non-hydrogen) atoms. The number of methoxy groups -OCH3 is 1. The van der Waals surface area contributed by atoms with Crippen molar-refractivity contribution in [3.63, 3.8) is 0 Å². The van der Waals surface area contributed by atoms with Crippen LogP contribution in [0.25, 0.3) is 33.6 Å². The molecule has 10 nitrogen and oxygen atoms in total. The molecule has 220 valence electrons. The lowest BCUT2D eigenvalue weighted by Crippen LogP contribution is -2.28. The highest BCUT2D eigenvalue weighted by Gasteiger charge is 2.32. The van der Waals surface area contributed by atoms with Crippen molar-refractivity contribution < 1.29 is 19.4 Å². The molecule has 0 spiro atoms. The number of aryl methyl sites for hydroxylation is 2. The summed E-state index contributed by atoms with van der Waals surface area (Å²) in [6.07, 6.45) is 5.34. The van der Waals surface area contributed by atoms with Crippen LogP contribution in [0.1, 0.15) is 83.2 Å². The van der Waals surface area contributed by atoms with Crippen LogP contribution in [0, 0.1) is 0 Å². The molecule has 1 aromatic carbocycles. The van der Waals surface area contributed by atoms with E-state index in [2.05, 4.69) is 25.5 Å². The van der Waals surface area contributed by atoms with Gasteiger partial charge in [-0.05, 0) is 81.5 Å². The number of rotatable bonds is 4. The Kier molecular flexibility index (Phi) is 6.80. The summed E-state index contributed by atoms with van der Waals surface area (Å²) in [5.74, 6) is 0.0438. The minimum atomic E-state index is -1.02. The maximum Gasteiger partial charge on any atom is 0.335 e. The number of pyridine rings is 2. The first-order valence-electron chi connectivity index (χ1n) is 14.6. The molecule has 1 atom stereocenters. The number of nitrogens with zero attached hydrogens (tertiary/aromatic N) is 5. The number of ether oxygens (including phenoxy) is 1. The highest BCUT2D eigenvalue weighted by atomic mass is 35.5. The molecule has 1 fully saturated rings. The molecule has 11 heteroatoms. The van der Waals surface area contributed by atoms with Crippen molar-refractivity contribution in [2.75, 3.05) is 7.11 Å². The zero-order valence-corrected chi connectivity index (χ0v) is 24.7. The monoisotopic (exact) mass is 598 g/mol. The van der Waals surface area contributed by atoms with E-state index < -0.39 is 5.97 Å². The van der Waals surface area contributed by atoms with Gasteiger partial charge in [0.2, 0.25) is 0 Å². The molecule has 4 aromatic heterocycles. The standard InChI is InChI=1S/C32H31ClN6O4/c1-17-22-11-7-18-15-25(30-37-24-14-19(32(41)42)16-26(43-2)28(24)39(30)20-8-9-20)38(29(18)36-22)13-5-3-4-6-23-21(31(40)34-17)10-12-27(33)35-23/h7,10-12,14-17,20H,3-6,8-9,13H2,1-2H3,(H,34,40)(H,41,42)/t17-/m1/s1. The van der Waals surface area contributed by atoms with E-state index in [1.165, 1.54) is 0 Å². The normalized spacial score (nSPS) is 17.6. The van der Waals surface area contributed by atoms with Crippen molar-refractivity contribution in [2.45, 2.75) is 64.1 Å². The Labute approximate surface area is 252 Å². The largest absolute Gasteiger partial charge is 0.494 e. The number of carboxylic acid groups (broad SMARTS) is 1. The first kappa shape index (κ1) is 27.4. The maximum absolute atomic E-state index is 13.3. The number of halogens is 1. The maximum atomic E-state index is 13.3. The topological polar surface area (TPSA) is 124 Å². The molecule has 1 amide bonds. The summed E-state index contributed by atoms with van der Waals surface area (Å²) in [7, 11) is 1.56. The van der Waals surface area contributed by atoms with Gasteiger partial charge in [-0.25, -0.2) is 19.7 Å². The van der Waals surface area contributed by atoms with Gasteiger partial charge in [-0.15, -0.1) is 0 Å². The molecule has 0 saturated heterocycles. The van der Waals surface area contributed by atoms with Gasteiger partial charge in [0.25, 0.3) is 5.91 Å². The minimum absolute atomic E-state index is 0.137. The van der Waals surface area contributed by atoms with Crippen molar-refractivity contribution in [1.82, 2.24) is 29.4 Å². The van der Waals surface area contributed by atoms with Crippen LogP contribution in [0.3, 0.4) is 0 Å². The number of carbonyl (C=O) groups is 2. The van der Waals surface area contributed by atoms with Gasteiger partial charge in [0.1, 0.15) is 22.1 Å². The summed E-state index contributed by atoms with van der Waals surface area (Å²) < 4.78 is 10.1. The molecule has 0 radical (unpaired) electrons. The van der Waals surface area contributed by atoms with E-state index in [-0.39, 0.29) is 23.6 Å². The Morgan fingerprint density at radius 3 is 2.67 bits per heavy atom. The van der Waals surface area contributed by atoms with Gasteiger partial charge in [0.15, 0.2) is 5.82 Å². The van der Waals surface area contributed by atoms with Gasteiger partial charge in [0, 0.05) is 18.0 Å². The predicted molar refractivity (Wildman–Crippen MR) is 163 cm³/mol. The molecule has 1 aliphatic carbocycles. The lowest BCUT2D eigenvalue weighted by molar-refractivity contribution is 0.0696. The van der Waals surface area contributed by atoms with Gasteiger partial charge < -0.3 is 24.3 Å². The molecular weight excluding hydrogens is 568 g/mol. The number of hydrogen-bond donors (Lipinski definition) is 2. The minimum Gasteiger partial charge on any atom is -0.494 e. The molecule has 5 aromatic rings. The molecule has 0 unspecified atom stereocenters. The van der Waals surface area contributed by atoms with Crippen LogP contribution in [0.2, 0.25) is 5.15 Å². The van der Waals surface area contributed by atoms with Gasteiger partial charge >= 0.3 is 5.97 Å². The van der Waals surface area contributed by atoms with Crippen LogP contribution < -0.4 is 10.1 Å². The van der Waals surface area contributed by atoms with Gasteiger partial charge in [-0.3, -0.25) is 4.79 Å². The van der Waals surface area contributed by atoms with Gasteiger partial charge in [-0.2, -0.15) is 0 Å². The lowest BCUT2D eigenvalue weighted by Gasteiger charge is -2.17. The summed E-state index contributed by atoms with van der Waals surface area (Å²) in [5, 5.41) is 14.2. The first-order valence-corrected chi connectivity index (χ1v) is 15.0.